The minimum atomic E-state index is -0.998. The maximum Gasteiger partial charge on any atom is 0.339 e. The minimum Gasteiger partial charge on any atom is -0.493 e. The lowest BCUT2D eigenvalue weighted by atomic mass is 10.0. The highest BCUT2D eigenvalue weighted by Gasteiger charge is 2.23. The molecule has 0 spiro atoms. The smallest absolute Gasteiger partial charge is 0.339 e. The molecule has 2 aromatic carbocycles. The fourth-order valence-corrected chi connectivity index (χ4v) is 3.08. The number of methoxy groups -OCH3 is 3. The van der Waals surface area contributed by atoms with Gasteiger partial charge >= 0.3 is 5.97 Å². The number of hydrogen-bond acceptors (Lipinski definition) is 6. The normalized spacial score (nSPS) is 11.4. The molecule has 29 heavy (non-hydrogen) atoms. The zero-order valence-electron chi connectivity index (χ0n) is 17.8. The molecule has 0 aliphatic heterocycles. The lowest BCUT2D eigenvalue weighted by molar-refractivity contribution is -0.123. The Morgan fingerprint density at radius 1 is 0.862 bits per heavy atom. The third-order valence-electron chi connectivity index (χ3n) is 4.48. The summed E-state index contributed by atoms with van der Waals surface area (Å²) < 4.78 is 21.1. The van der Waals surface area contributed by atoms with Crippen molar-refractivity contribution >= 4 is 17.6 Å². The van der Waals surface area contributed by atoms with E-state index in [4.69, 9.17) is 18.9 Å². The molecule has 156 valence electrons. The molecule has 0 bridgehead atoms. The first-order valence-electron chi connectivity index (χ1n) is 9.11. The van der Waals surface area contributed by atoms with Gasteiger partial charge in [-0.1, -0.05) is 17.7 Å². The maximum absolute atomic E-state index is 12.6. The van der Waals surface area contributed by atoms with Crippen molar-refractivity contribution in [3.63, 3.8) is 0 Å². The summed E-state index contributed by atoms with van der Waals surface area (Å²) in [5.74, 6) is -0.0867. The molecule has 2 rings (SSSR count). The highest BCUT2D eigenvalue weighted by molar-refractivity contribution is 5.98. The lowest BCUT2D eigenvalue weighted by Crippen LogP contribution is -2.30. The molecule has 0 aromatic heterocycles. The van der Waals surface area contributed by atoms with E-state index in [-0.39, 0.29) is 5.56 Å². The van der Waals surface area contributed by atoms with Crippen LogP contribution in [-0.4, -0.2) is 39.3 Å². The molecule has 0 aliphatic rings. The van der Waals surface area contributed by atoms with Gasteiger partial charge in [0, 0.05) is 5.69 Å². The Labute approximate surface area is 170 Å². The third-order valence-corrected chi connectivity index (χ3v) is 4.48. The summed E-state index contributed by atoms with van der Waals surface area (Å²) in [6.45, 7) is 7.35. The lowest BCUT2D eigenvalue weighted by Gasteiger charge is -2.18. The van der Waals surface area contributed by atoms with Crippen molar-refractivity contribution in [3.05, 3.63) is 46.5 Å². The second kappa shape index (κ2) is 9.32. The largest absolute Gasteiger partial charge is 0.493 e. The van der Waals surface area contributed by atoms with Crippen LogP contribution in [-0.2, 0) is 9.53 Å². The molecule has 1 N–H and O–H groups in total. The van der Waals surface area contributed by atoms with Gasteiger partial charge in [-0.3, -0.25) is 4.79 Å². The fraction of sp³-hybridized carbons (Fsp3) is 0.364. The van der Waals surface area contributed by atoms with E-state index in [0.29, 0.717) is 17.2 Å². The predicted molar refractivity (Wildman–Crippen MR) is 110 cm³/mol. The number of hydrogen-bond donors (Lipinski definition) is 1. The zero-order valence-corrected chi connectivity index (χ0v) is 17.8. The predicted octanol–water partition coefficient (Wildman–Crippen LogP) is 3.82. The van der Waals surface area contributed by atoms with Crippen LogP contribution in [0.3, 0.4) is 0 Å². The highest BCUT2D eigenvalue weighted by atomic mass is 16.5. The van der Waals surface area contributed by atoms with Gasteiger partial charge in [-0.25, -0.2) is 4.79 Å². The van der Waals surface area contributed by atoms with E-state index < -0.39 is 18.0 Å². The van der Waals surface area contributed by atoms with E-state index >= 15 is 0 Å². The van der Waals surface area contributed by atoms with Crippen molar-refractivity contribution in [1.82, 2.24) is 0 Å². The van der Waals surface area contributed by atoms with Crippen LogP contribution >= 0.6 is 0 Å². The SMILES string of the molecule is COc1cc(C(=O)O[C@@H](C)C(=O)Nc2c(C)cc(C)cc2C)cc(OC)c1OC. The van der Waals surface area contributed by atoms with Crippen molar-refractivity contribution in [2.24, 2.45) is 0 Å². The van der Waals surface area contributed by atoms with Gasteiger partial charge in [0.1, 0.15) is 0 Å². The van der Waals surface area contributed by atoms with Crippen LogP contribution in [0, 0.1) is 20.8 Å². The Morgan fingerprint density at radius 3 is 1.83 bits per heavy atom. The first-order chi connectivity index (χ1) is 13.7. The van der Waals surface area contributed by atoms with Gasteiger partial charge < -0.3 is 24.3 Å². The molecule has 1 atom stereocenters. The Balaban J connectivity index is 2.17. The Bertz CT molecular complexity index is 874. The molecule has 7 nitrogen and oxygen atoms in total. The quantitative estimate of drug-likeness (QED) is 0.710. The Kier molecular flexibility index (Phi) is 7.09. The van der Waals surface area contributed by atoms with E-state index in [9.17, 15) is 9.59 Å². The number of carbonyl (C=O) groups excluding carboxylic acids is 2. The minimum absolute atomic E-state index is 0.182. The van der Waals surface area contributed by atoms with Crippen LogP contribution in [0.5, 0.6) is 17.2 Å². The summed E-state index contributed by atoms with van der Waals surface area (Å²) in [6, 6.07) is 6.91. The fourth-order valence-electron chi connectivity index (χ4n) is 3.08. The van der Waals surface area contributed by atoms with Crippen LogP contribution in [0.15, 0.2) is 24.3 Å². The summed E-state index contributed by atoms with van der Waals surface area (Å²) in [5.41, 5.74) is 3.90. The Morgan fingerprint density at radius 2 is 1.38 bits per heavy atom. The summed E-state index contributed by atoms with van der Waals surface area (Å²) in [7, 11) is 4.38. The van der Waals surface area contributed by atoms with Gasteiger partial charge in [-0.2, -0.15) is 0 Å². The number of carbonyl (C=O) groups is 2. The molecule has 0 saturated carbocycles. The maximum atomic E-state index is 12.6. The molecule has 7 heteroatoms. The molecular formula is C22H27NO6. The van der Waals surface area contributed by atoms with Crippen molar-refractivity contribution in [1.29, 1.82) is 0 Å². The molecule has 0 aliphatic carbocycles. The van der Waals surface area contributed by atoms with Crippen molar-refractivity contribution in [2.75, 3.05) is 26.6 Å². The van der Waals surface area contributed by atoms with Gasteiger partial charge in [0.25, 0.3) is 5.91 Å². The van der Waals surface area contributed by atoms with Gasteiger partial charge in [-0.05, 0) is 51.0 Å². The van der Waals surface area contributed by atoms with Crippen molar-refractivity contribution in [2.45, 2.75) is 33.8 Å². The topological polar surface area (TPSA) is 83.1 Å². The van der Waals surface area contributed by atoms with Gasteiger partial charge in [0.05, 0.1) is 26.9 Å². The molecule has 0 unspecified atom stereocenters. The van der Waals surface area contributed by atoms with E-state index in [0.717, 1.165) is 22.4 Å². The van der Waals surface area contributed by atoms with Gasteiger partial charge in [0.2, 0.25) is 5.75 Å². The van der Waals surface area contributed by atoms with Crippen LogP contribution in [0.2, 0.25) is 0 Å². The summed E-state index contributed by atoms with van der Waals surface area (Å²) >= 11 is 0. The molecule has 1 amide bonds. The zero-order chi connectivity index (χ0) is 21.7. The van der Waals surface area contributed by atoms with Gasteiger partial charge in [0.15, 0.2) is 17.6 Å². The highest BCUT2D eigenvalue weighted by Crippen LogP contribution is 2.38. The van der Waals surface area contributed by atoms with Crippen LogP contribution in [0.1, 0.15) is 34.0 Å². The van der Waals surface area contributed by atoms with Gasteiger partial charge in [-0.15, -0.1) is 0 Å². The number of ether oxygens (including phenoxy) is 4. The van der Waals surface area contributed by atoms with E-state index in [2.05, 4.69) is 5.32 Å². The number of nitrogens with one attached hydrogen (secondary N) is 1. The van der Waals surface area contributed by atoms with E-state index in [1.165, 1.54) is 40.4 Å². The molecule has 0 fully saturated rings. The average molecular weight is 401 g/mol. The van der Waals surface area contributed by atoms with Crippen LogP contribution in [0.4, 0.5) is 5.69 Å². The molecule has 0 saturated heterocycles. The van der Waals surface area contributed by atoms with Crippen LogP contribution < -0.4 is 19.5 Å². The summed E-state index contributed by atoms with van der Waals surface area (Å²) in [5, 5.41) is 2.84. The second-order valence-corrected chi connectivity index (χ2v) is 6.72. The number of rotatable bonds is 7. The Hall–Kier alpha value is -3.22. The monoisotopic (exact) mass is 401 g/mol. The first-order valence-corrected chi connectivity index (χ1v) is 9.11. The number of esters is 1. The van der Waals surface area contributed by atoms with Crippen molar-refractivity contribution in [3.8, 4) is 17.2 Å². The van der Waals surface area contributed by atoms with Crippen LogP contribution in [0.25, 0.3) is 0 Å². The van der Waals surface area contributed by atoms with Crippen molar-refractivity contribution < 1.29 is 28.5 Å². The summed E-state index contributed by atoms with van der Waals surface area (Å²) in [4.78, 5) is 25.1. The number of aryl methyl sites for hydroxylation is 3. The number of benzene rings is 2. The molecule has 0 heterocycles. The number of amides is 1. The average Bonchev–Trinajstić information content (AvgIpc) is 2.68. The molecule has 0 radical (unpaired) electrons. The third kappa shape index (κ3) is 4.99. The first kappa shape index (κ1) is 22.1. The number of anilines is 1. The second-order valence-electron chi connectivity index (χ2n) is 6.72. The van der Waals surface area contributed by atoms with E-state index in [1.54, 1.807) is 0 Å². The standard InChI is InChI=1S/C22H27NO6/c1-12-8-13(2)19(14(3)9-12)23-21(24)15(4)29-22(25)16-10-17(26-5)20(28-7)18(11-16)27-6/h8-11,15H,1-7H3,(H,23,24)/t15-/m0/s1. The molecule has 2 aromatic rings. The summed E-state index contributed by atoms with van der Waals surface area (Å²) in [6.07, 6.45) is -0.998. The molecular weight excluding hydrogens is 374 g/mol. The van der Waals surface area contributed by atoms with E-state index in [1.807, 2.05) is 32.9 Å².